The second-order valence-electron chi connectivity index (χ2n) is 4.98. The quantitative estimate of drug-likeness (QED) is 0.331. The number of halogens is 1. The Hall–Kier alpha value is -3.38. The van der Waals surface area contributed by atoms with Crippen molar-refractivity contribution < 1.29 is 19.6 Å². The van der Waals surface area contributed by atoms with Gasteiger partial charge in [0.15, 0.2) is 11.5 Å². The molecule has 0 unspecified atom stereocenters. The third kappa shape index (κ3) is 4.37. The van der Waals surface area contributed by atoms with Gasteiger partial charge in [-0.25, -0.2) is 0 Å². The normalized spacial score (nSPS) is 10.7. The fourth-order valence-corrected chi connectivity index (χ4v) is 2.45. The van der Waals surface area contributed by atoms with E-state index in [2.05, 4.69) is 21.2 Å². The lowest BCUT2D eigenvalue weighted by molar-refractivity contribution is -0.385. The van der Waals surface area contributed by atoms with Gasteiger partial charge in [-0.05, 0) is 24.3 Å². The maximum Gasteiger partial charge on any atom is 0.274 e. The number of nitrogens with one attached hydrogen (secondary N) is 1. The number of phenols is 1. The Labute approximate surface area is 156 Å². The molecule has 0 fully saturated rings. The second-order valence-corrected chi connectivity index (χ2v) is 5.89. The number of methoxy groups -OCH3 is 1. The maximum atomic E-state index is 12.3. The van der Waals surface area contributed by atoms with Crippen LogP contribution in [0.2, 0.25) is 0 Å². The second kappa shape index (κ2) is 8.13. The first-order chi connectivity index (χ1) is 12.3. The van der Waals surface area contributed by atoms with Crippen molar-refractivity contribution in [2.75, 3.05) is 12.4 Å². The van der Waals surface area contributed by atoms with Crippen molar-refractivity contribution in [2.45, 2.75) is 0 Å². The number of non-ortho nitro benzene ring substituents is 1. The summed E-state index contributed by atoms with van der Waals surface area (Å²) in [6, 6.07) is 10.5. The Morgan fingerprint density at radius 2 is 2.15 bits per heavy atom. The lowest BCUT2D eigenvalue weighted by Crippen LogP contribution is -2.13. The molecule has 2 aromatic carbocycles. The molecule has 0 bridgehead atoms. The molecule has 0 aliphatic rings. The summed E-state index contributed by atoms with van der Waals surface area (Å²) < 4.78 is 5.62. The monoisotopic (exact) mass is 417 g/mol. The van der Waals surface area contributed by atoms with Crippen LogP contribution in [0.15, 0.2) is 46.4 Å². The summed E-state index contributed by atoms with van der Waals surface area (Å²) in [5.74, 6) is -1.29. The van der Waals surface area contributed by atoms with Gasteiger partial charge in [0.2, 0.25) is 0 Å². The molecule has 26 heavy (non-hydrogen) atoms. The number of benzene rings is 2. The molecule has 1 amide bonds. The van der Waals surface area contributed by atoms with Crippen LogP contribution in [0.25, 0.3) is 6.08 Å². The molecule has 8 nitrogen and oxygen atoms in total. The summed E-state index contributed by atoms with van der Waals surface area (Å²) in [5.41, 5.74) is -0.332. The fraction of sp³-hybridized carbons (Fsp3) is 0.0588. The minimum Gasteiger partial charge on any atom is -0.504 e. The molecule has 0 saturated carbocycles. The van der Waals surface area contributed by atoms with Gasteiger partial charge in [0.25, 0.3) is 11.6 Å². The van der Waals surface area contributed by atoms with Crippen LogP contribution in [-0.4, -0.2) is 23.0 Å². The van der Waals surface area contributed by atoms with Crippen LogP contribution >= 0.6 is 15.9 Å². The van der Waals surface area contributed by atoms with Crippen molar-refractivity contribution in [1.29, 1.82) is 5.26 Å². The van der Waals surface area contributed by atoms with E-state index < -0.39 is 16.6 Å². The Balaban J connectivity index is 2.42. The molecule has 0 atom stereocenters. The van der Waals surface area contributed by atoms with Gasteiger partial charge in [0.05, 0.1) is 18.1 Å². The molecule has 2 aromatic rings. The number of carbonyl (C=O) groups is 1. The van der Waals surface area contributed by atoms with Crippen LogP contribution in [0.1, 0.15) is 5.56 Å². The number of phenolic OH excluding ortho intramolecular Hbond substituents is 1. The first-order valence-electron chi connectivity index (χ1n) is 7.09. The number of aromatic hydroxyl groups is 1. The Bertz CT molecular complexity index is 950. The van der Waals surface area contributed by atoms with Crippen molar-refractivity contribution in [3.63, 3.8) is 0 Å². The number of hydrogen-bond donors (Lipinski definition) is 2. The molecule has 0 aliphatic carbocycles. The average molecular weight is 418 g/mol. The average Bonchev–Trinajstić information content (AvgIpc) is 2.60. The maximum absolute atomic E-state index is 12.3. The minimum atomic E-state index is -0.726. The summed E-state index contributed by atoms with van der Waals surface area (Å²) >= 11 is 3.27. The number of hydrogen-bond acceptors (Lipinski definition) is 6. The summed E-state index contributed by atoms with van der Waals surface area (Å²) in [6.45, 7) is 0. The number of rotatable bonds is 5. The van der Waals surface area contributed by atoms with Gasteiger partial charge in [-0.1, -0.05) is 22.0 Å². The third-order valence-corrected chi connectivity index (χ3v) is 3.76. The minimum absolute atomic E-state index is 0.0861. The van der Waals surface area contributed by atoms with Gasteiger partial charge in [0, 0.05) is 21.8 Å². The van der Waals surface area contributed by atoms with E-state index in [0.717, 1.165) is 22.7 Å². The number of ether oxygens (including phenoxy) is 1. The fourth-order valence-electron chi connectivity index (χ4n) is 2.05. The number of amides is 1. The Morgan fingerprint density at radius 3 is 2.73 bits per heavy atom. The van der Waals surface area contributed by atoms with Crippen molar-refractivity contribution in [3.8, 4) is 17.6 Å². The van der Waals surface area contributed by atoms with Crippen LogP contribution in [0.3, 0.4) is 0 Å². The molecular weight excluding hydrogens is 406 g/mol. The van der Waals surface area contributed by atoms with Gasteiger partial charge >= 0.3 is 0 Å². The van der Waals surface area contributed by atoms with Crippen LogP contribution in [0.5, 0.6) is 11.5 Å². The van der Waals surface area contributed by atoms with Gasteiger partial charge < -0.3 is 15.2 Å². The van der Waals surface area contributed by atoms with E-state index >= 15 is 0 Å². The first kappa shape index (κ1) is 19.0. The molecule has 0 saturated heterocycles. The first-order valence-corrected chi connectivity index (χ1v) is 7.89. The number of carbonyl (C=O) groups excluding carboxylic acids is 1. The topological polar surface area (TPSA) is 125 Å². The zero-order valence-electron chi connectivity index (χ0n) is 13.4. The highest BCUT2D eigenvalue weighted by Gasteiger charge is 2.18. The zero-order chi connectivity index (χ0) is 19.3. The van der Waals surface area contributed by atoms with E-state index in [-0.39, 0.29) is 22.6 Å². The smallest absolute Gasteiger partial charge is 0.274 e. The lowest BCUT2D eigenvalue weighted by atomic mass is 10.1. The van der Waals surface area contributed by atoms with E-state index in [1.165, 1.54) is 7.11 Å². The van der Waals surface area contributed by atoms with Crippen molar-refractivity contribution in [2.24, 2.45) is 0 Å². The molecule has 0 radical (unpaired) electrons. The molecule has 132 valence electrons. The number of nitriles is 1. The SMILES string of the molecule is COc1cc([N+](=O)[O-])cc(/C=C(/C#N)C(=O)Nc2cccc(Br)c2)c1O. The number of nitrogens with zero attached hydrogens (tertiary/aromatic N) is 2. The predicted molar refractivity (Wildman–Crippen MR) is 97.7 cm³/mol. The molecular formula is C17H12BrN3O5. The van der Waals surface area contributed by atoms with E-state index in [0.29, 0.717) is 5.69 Å². The standard InChI is InChI=1S/C17H12BrN3O5/c1-26-15-8-14(21(24)25)6-10(16(15)22)5-11(9-19)17(23)20-13-4-2-3-12(18)7-13/h2-8,22H,1H3,(H,20,23)/b11-5-. The zero-order valence-corrected chi connectivity index (χ0v) is 15.0. The van der Waals surface area contributed by atoms with Crippen molar-refractivity contribution in [1.82, 2.24) is 0 Å². The molecule has 0 aliphatic heterocycles. The van der Waals surface area contributed by atoms with Crippen LogP contribution in [0, 0.1) is 21.4 Å². The van der Waals surface area contributed by atoms with Gasteiger partial charge in [0.1, 0.15) is 11.6 Å². The number of anilines is 1. The van der Waals surface area contributed by atoms with Crippen LogP contribution in [0.4, 0.5) is 11.4 Å². The van der Waals surface area contributed by atoms with Gasteiger partial charge in [-0.15, -0.1) is 0 Å². The summed E-state index contributed by atoms with van der Waals surface area (Å²) in [6.07, 6.45) is 1.05. The Kier molecular flexibility index (Phi) is 5.93. The Morgan fingerprint density at radius 1 is 1.42 bits per heavy atom. The third-order valence-electron chi connectivity index (χ3n) is 3.27. The summed E-state index contributed by atoms with van der Waals surface area (Å²) in [7, 11) is 1.23. The number of nitro benzene ring substituents is 1. The summed E-state index contributed by atoms with van der Waals surface area (Å²) in [5, 5.41) is 32.9. The van der Waals surface area contributed by atoms with Crippen molar-refractivity contribution in [3.05, 3.63) is 62.1 Å². The highest BCUT2D eigenvalue weighted by molar-refractivity contribution is 9.10. The molecule has 0 spiro atoms. The molecule has 0 heterocycles. The highest BCUT2D eigenvalue weighted by atomic mass is 79.9. The van der Waals surface area contributed by atoms with E-state index in [4.69, 9.17) is 4.74 Å². The van der Waals surface area contributed by atoms with Crippen LogP contribution in [-0.2, 0) is 4.79 Å². The number of nitro groups is 1. The van der Waals surface area contributed by atoms with Crippen LogP contribution < -0.4 is 10.1 Å². The molecule has 0 aromatic heterocycles. The van der Waals surface area contributed by atoms with E-state index in [1.807, 2.05) is 0 Å². The highest BCUT2D eigenvalue weighted by Crippen LogP contribution is 2.35. The van der Waals surface area contributed by atoms with E-state index in [1.54, 1.807) is 30.3 Å². The summed E-state index contributed by atoms with van der Waals surface area (Å²) in [4.78, 5) is 22.6. The van der Waals surface area contributed by atoms with Gasteiger partial charge in [-0.3, -0.25) is 14.9 Å². The molecule has 2 rings (SSSR count). The largest absolute Gasteiger partial charge is 0.504 e. The van der Waals surface area contributed by atoms with E-state index in [9.17, 15) is 25.3 Å². The lowest BCUT2D eigenvalue weighted by Gasteiger charge is -2.08. The molecule has 9 heteroatoms. The predicted octanol–water partition coefficient (Wildman–Crippen LogP) is 3.62. The van der Waals surface area contributed by atoms with Crippen molar-refractivity contribution >= 4 is 39.3 Å². The molecule has 2 N–H and O–H groups in total. The van der Waals surface area contributed by atoms with Gasteiger partial charge in [-0.2, -0.15) is 5.26 Å².